The van der Waals surface area contributed by atoms with Gasteiger partial charge in [-0.25, -0.2) is 0 Å². The third-order valence-corrected chi connectivity index (χ3v) is 6.72. The molecule has 1 amide bonds. The molecule has 142 valence electrons. The largest absolute Gasteiger partial charge is 0.483 e. The van der Waals surface area contributed by atoms with Crippen molar-refractivity contribution in [3.05, 3.63) is 30.3 Å². The highest BCUT2D eigenvalue weighted by molar-refractivity contribution is 5.88. The predicted molar refractivity (Wildman–Crippen MR) is 102 cm³/mol. The zero-order valence-electron chi connectivity index (χ0n) is 15.6. The first-order valence-corrected chi connectivity index (χ1v) is 9.75. The summed E-state index contributed by atoms with van der Waals surface area (Å²) >= 11 is 0. The quantitative estimate of drug-likeness (QED) is 0.475. The molecule has 0 radical (unpaired) electrons. The Balaban J connectivity index is 1.49. The lowest BCUT2D eigenvalue weighted by atomic mass is 9.47. The average molecular weight is 366 g/mol. The van der Waals surface area contributed by atoms with E-state index in [0.29, 0.717) is 23.6 Å². The van der Waals surface area contributed by atoms with Gasteiger partial charge in [0.2, 0.25) is 12.1 Å². The van der Waals surface area contributed by atoms with E-state index in [4.69, 9.17) is 15.7 Å². The molecule has 4 bridgehead atoms. The van der Waals surface area contributed by atoms with E-state index in [2.05, 4.69) is 10.3 Å². The number of ether oxygens (including phenoxy) is 1. The number of nitrogens with zero attached hydrogens (tertiary/aromatic N) is 2. The fraction of sp³-hybridized carbons (Fsp3) is 0.571. The van der Waals surface area contributed by atoms with Crippen LogP contribution < -0.4 is 15.8 Å². The number of nitrogens with two attached hydrogens (primary N) is 1. The van der Waals surface area contributed by atoms with Crippen molar-refractivity contribution in [3.63, 3.8) is 0 Å². The van der Waals surface area contributed by atoms with E-state index in [1.807, 2.05) is 43.4 Å². The van der Waals surface area contributed by atoms with Gasteiger partial charge in [0.15, 0.2) is 11.9 Å². The summed E-state index contributed by atoms with van der Waals surface area (Å²) in [4.78, 5) is 16.1. The van der Waals surface area contributed by atoms with Crippen LogP contribution in [0.25, 0.3) is 0 Å². The second-order valence-electron chi connectivity index (χ2n) is 8.45. The van der Waals surface area contributed by atoms with E-state index in [1.54, 1.807) is 0 Å². The molecule has 6 nitrogen and oxygen atoms in total. The molecule has 0 saturated heterocycles. The summed E-state index contributed by atoms with van der Waals surface area (Å²) in [5.74, 6) is 2.57. The molecule has 0 aliphatic heterocycles. The van der Waals surface area contributed by atoms with Crippen LogP contribution in [0.5, 0.6) is 5.75 Å². The molecule has 4 aliphatic rings. The number of benzene rings is 1. The van der Waals surface area contributed by atoms with Gasteiger partial charge in [-0.2, -0.15) is 10.3 Å². The average Bonchev–Trinajstić information content (AvgIpc) is 2.64. The highest BCUT2D eigenvalue weighted by Gasteiger charge is 2.58. The lowest BCUT2D eigenvalue weighted by Gasteiger charge is -2.59. The number of nitriles is 1. The summed E-state index contributed by atoms with van der Waals surface area (Å²) < 4.78 is 5.96. The molecule has 4 saturated carbocycles. The van der Waals surface area contributed by atoms with Gasteiger partial charge in [0.25, 0.3) is 0 Å². The normalized spacial score (nSPS) is 35.3. The number of hydrogen-bond acceptors (Lipinski definition) is 4. The van der Waals surface area contributed by atoms with Crippen molar-refractivity contribution >= 4 is 11.7 Å². The van der Waals surface area contributed by atoms with Crippen molar-refractivity contribution in [3.8, 4) is 11.9 Å². The zero-order valence-corrected chi connectivity index (χ0v) is 15.6. The Bertz CT molecular complexity index is 769. The van der Waals surface area contributed by atoms with Crippen molar-refractivity contribution < 1.29 is 9.53 Å². The van der Waals surface area contributed by atoms with Crippen LogP contribution in [0.3, 0.4) is 0 Å². The number of hydrogen-bond donors (Lipinski definition) is 2. The summed E-state index contributed by atoms with van der Waals surface area (Å²) in [5.41, 5.74) is 5.46. The molecule has 6 heteroatoms. The maximum absolute atomic E-state index is 12.1. The number of nitrogens with one attached hydrogen (secondary N) is 1. The number of aliphatic imine (C=N–C) groups is 1. The second-order valence-corrected chi connectivity index (χ2v) is 8.45. The van der Waals surface area contributed by atoms with E-state index in [0.717, 1.165) is 37.9 Å². The maximum atomic E-state index is 12.1. The van der Waals surface area contributed by atoms with Crippen LogP contribution in [0.2, 0.25) is 0 Å². The molecular weight excluding hydrogens is 340 g/mol. The first kappa shape index (κ1) is 17.8. The molecule has 1 aromatic rings. The van der Waals surface area contributed by atoms with Gasteiger partial charge in [0.1, 0.15) is 5.75 Å². The molecule has 3 N–H and O–H groups in total. The van der Waals surface area contributed by atoms with Gasteiger partial charge in [-0.05, 0) is 68.9 Å². The SMILES string of the molecule is CC(Oc1ccccc1)/C(=N\C#N)NC1C2CC3CC1CC(C(N)=O)(C3)C2. The van der Waals surface area contributed by atoms with Crippen LogP contribution in [0.15, 0.2) is 35.3 Å². The highest BCUT2D eigenvalue weighted by Crippen LogP contribution is 2.59. The Kier molecular flexibility index (Phi) is 4.55. The summed E-state index contributed by atoms with van der Waals surface area (Å²) in [5, 5.41) is 12.7. The van der Waals surface area contributed by atoms with Gasteiger partial charge in [-0.1, -0.05) is 18.2 Å². The van der Waals surface area contributed by atoms with Crippen LogP contribution in [-0.2, 0) is 4.79 Å². The number of rotatable bonds is 5. The molecule has 5 rings (SSSR count). The molecule has 4 aliphatic carbocycles. The molecule has 0 spiro atoms. The lowest BCUT2D eigenvalue weighted by molar-refractivity contribution is -0.145. The molecule has 4 fully saturated rings. The van der Waals surface area contributed by atoms with Crippen LogP contribution in [0.4, 0.5) is 0 Å². The smallest absolute Gasteiger partial charge is 0.223 e. The summed E-state index contributed by atoms with van der Waals surface area (Å²) in [6, 6.07) is 9.77. The van der Waals surface area contributed by atoms with Crippen molar-refractivity contribution in [2.75, 3.05) is 0 Å². The molecular formula is C21H26N4O2. The van der Waals surface area contributed by atoms with Gasteiger partial charge in [0, 0.05) is 11.5 Å². The van der Waals surface area contributed by atoms with Gasteiger partial charge < -0.3 is 15.8 Å². The number of carbonyl (C=O) groups excluding carboxylic acids is 1. The summed E-state index contributed by atoms with van der Waals surface area (Å²) in [7, 11) is 0. The Morgan fingerprint density at radius 3 is 2.56 bits per heavy atom. The highest BCUT2D eigenvalue weighted by atomic mass is 16.5. The molecule has 27 heavy (non-hydrogen) atoms. The van der Waals surface area contributed by atoms with E-state index in [-0.39, 0.29) is 23.5 Å². The monoisotopic (exact) mass is 366 g/mol. The maximum Gasteiger partial charge on any atom is 0.223 e. The number of para-hydroxylation sites is 1. The van der Waals surface area contributed by atoms with Gasteiger partial charge in [0.05, 0.1) is 0 Å². The van der Waals surface area contributed by atoms with Gasteiger partial charge >= 0.3 is 0 Å². The second kappa shape index (κ2) is 6.88. The van der Waals surface area contributed by atoms with Gasteiger partial charge in [-0.15, -0.1) is 0 Å². The van der Waals surface area contributed by atoms with Crippen molar-refractivity contribution in [2.24, 2.45) is 33.9 Å². The number of carbonyl (C=O) groups is 1. The van der Waals surface area contributed by atoms with Gasteiger partial charge in [-0.3, -0.25) is 4.79 Å². The fourth-order valence-corrected chi connectivity index (χ4v) is 5.79. The number of amidine groups is 1. The Morgan fingerprint density at radius 2 is 1.96 bits per heavy atom. The van der Waals surface area contributed by atoms with Crippen LogP contribution in [0.1, 0.15) is 39.0 Å². The fourth-order valence-electron chi connectivity index (χ4n) is 5.79. The Hall–Kier alpha value is -2.55. The van der Waals surface area contributed by atoms with E-state index < -0.39 is 0 Å². The Labute approximate surface area is 159 Å². The van der Waals surface area contributed by atoms with E-state index in [9.17, 15) is 4.79 Å². The van der Waals surface area contributed by atoms with Crippen LogP contribution in [0, 0.1) is 34.6 Å². The minimum absolute atomic E-state index is 0.132. The molecule has 1 aromatic carbocycles. The third-order valence-electron chi connectivity index (χ3n) is 6.72. The zero-order chi connectivity index (χ0) is 19.0. The van der Waals surface area contributed by atoms with Crippen LogP contribution in [-0.4, -0.2) is 23.9 Å². The molecule has 3 atom stereocenters. The summed E-state index contributed by atoms with van der Waals surface area (Å²) in [6.07, 6.45) is 6.44. The van der Waals surface area contributed by atoms with E-state index >= 15 is 0 Å². The Morgan fingerprint density at radius 1 is 1.30 bits per heavy atom. The topological polar surface area (TPSA) is 100 Å². The minimum Gasteiger partial charge on any atom is -0.483 e. The van der Waals surface area contributed by atoms with Crippen LogP contribution >= 0.6 is 0 Å². The van der Waals surface area contributed by atoms with Crippen molar-refractivity contribution in [2.45, 2.75) is 51.2 Å². The molecule has 0 aromatic heterocycles. The number of primary amides is 1. The molecule has 3 unspecified atom stereocenters. The predicted octanol–water partition coefficient (Wildman–Crippen LogP) is 2.60. The number of amides is 1. The van der Waals surface area contributed by atoms with Crippen molar-refractivity contribution in [1.82, 2.24) is 5.32 Å². The standard InChI is InChI=1S/C21H26N4O2/c1-13(27-17-5-3-2-4-6-17)19(24-12-22)25-18-15-7-14-8-16(18)11-21(9-14,10-15)20(23)26/h2-6,13-16,18H,7-11H2,1H3,(H2,23,26)(H,24,25). The van der Waals surface area contributed by atoms with E-state index in [1.165, 1.54) is 0 Å². The third kappa shape index (κ3) is 3.27. The minimum atomic E-state index is -0.352. The summed E-state index contributed by atoms with van der Waals surface area (Å²) in [6.45, 7) is 1.90. The first-order valence-electron chi connectivity index (χ1n) is 9.75. The molecule has 0 heterocycles. The first-order chi connectivity index (χ1) is 13.0. The lowest BCUT2D eigenvalue weighted by Crippen LogP contribution is -2.62. The van der Waals surface area contributed by atoms with Crippen molar-refractivity contribution in [1.29, 1.82) is 5.26 Å².